The van der Waals surface area contributed by atoms with Gasteiger partial charge in [0.25, 0.3) is 5.91 Å². The third-order valence-electron chi connectivity index (χ3n) is 2.55. The Hall–Kier alpha value is -2.24. The first kappa shape index (κ1) is 13.2. The summed E-state index contributed by atoms with van der Waals surface area (Å²) in [5, 5.41) is 2.71. The van der Waals surface area contributed by atoms with Gasteiger partial charge in [0, 0.05) is 12.1 Å². The topological polar surface area (TPSA) is 32.3 Å². The number of nitrogens with zero attached hydrogens (tertiary/aromatic N) is 1. The number of benzene rings is 1. The first-order valence-electron chi connectivity index (χ1n) is 5.55. The highest BCUT2D eigenvalue weighted by Crippen LogP contribution is 2.30. The number of hydrogen-bond donors (Lipinski definition) is 1. The van der Waals surface area contributed by atoms with Crippen molar-refractivity contribution < 1.29 is 18.0 Å². The van der Waals surface area contributed by atoms with E-state index < -0.39 is 12.2 Å². The lowest BCUT2D eigenvalue weighted by Gasteiger charge is -2.26. The molecule has 0 unspecified atom stereocenters. The summed E-state index contributed by atoms with van der Waals surface area (Å²) in [6.45, 7) is 0.0781. The van der Waals surface area contributed by atoms with Gasteiger partial charge < -0.3 is 5.32 Å². The molecule has 1 heterocycles. The number of halogens is 3. The van der Waals surface area contributed by atoms with Crippen molar-refractivity contribution in [3.8, 4) is 0 Å². The van der Waals surface area contributed by atoms with Crippen LogP contribution in [0.5, 0.6) is 0 Å². The number of nitrogens with one attached hydrogen (secondary N) is 1. The second-order valence-corrected chi connectivity index (χ2v) is 3.88. The van der Waals surface area contributed by atoms with Crippen LogP contribution in [0.2, 0.25) is 0 Å². The molecular weight excluding hydrogens is 257 g/mol. The van der Waals surface area contributed by atoms with Gasteiger partial charge in [-0.15, -0.1) is 13.2 Å². The van der Waals surface area contributed by atoms with E-state index in [1.165, 1.54) is 36.4 Å². The maximum atomic E-state index is 13.1. The molecule has 0 saturated heterocycles. The van der Waals surface area contributed by atoms with Gasteiger partial charge in [-0.3, -0.25) is 4.79 Å². The molecule has 6 heteroatoms. The van der Waals surface area contributed by atoms with Gasteiger partial charge in [0.05, 0.1) is 5.69 Å². The van der Waals surface area contributed by atoms with Gasteiger partial charge in [-0.25, -0.2) is 4.90 Å². The van der Waals surface area contributed by atoms with Gasteiger partial charge in [0.15, 0.2) is 0 Å². The largest absolute Gasteiger partial charge is 0.491 e. The number of allylic oxidation sites excluding steroid dienone is 2. The van der Waals surface area contributed by atoms with Gasteiger partial charge in [-0.05, 0) is 24.4 Å². The fraction of sp³-hybridized carbons (Fsp3) is 0.154. The molecule has 0 saturated carbocycles. The minimum Gasteiger partial charge on any atom is -0.387 e. The fourth-order valence-electron chi connectivity index (χ4n) is 1.71. The molecule has 1 amide bonds. The second kappa shape index (κ2) is 5.17. The standard InChI is InChI=1S/C13H11F3N2O/c14-13(15,16)18(11-6-2-1-3-7-11)12(19)10-5-4-8-17-9-10/h1-8,17H,9H2. The molecule has 0 bridgehead atoms. The molecule has 19 heavy (non-hydrogen) atoms. The van der Waals surface area contributed by atoms with Crippen LogP contribution in [0.25, 0.3) is 0 Å². The Morgan fingerprint density at radius 3 is 2.42 bits per heavy atom. The van der Waals surface area contributed by atoms with E-state index in [0.717, 1.165) is 0 Å². The highest BCUT2D eigenvalue weighted by Gasteiger charge is 2.43. The van der Waals surface area contributed by atoms with E-state index in [0.29, 0.717) is 0 Å². The van der Waals surface area contributed by atoms with Crippen molar-refractivity contribution in [2.24, 2.45) is 0 Å². The quantitative estimate of drug-likeness (QED) is 0.836. The van der Waals surface area contributed by atoms with E-state index in [2.05, 4.69) is 5.32 Å². The summed E-state index contributed by atoms with van der Waals surface area (Å²) < 4.78 is 39.2. The minimum atomic E-state index is -4.76. The number of hydrogen-bond acceptors (Lipinski definition) is 2. The number of anilines is 1. The molecule has 1 N–H and O–H groups in total. The summed E-state index contributed by atoms with van der Waals surface area (Å²) in [5.41, 5.74) is -0.140. The molecule has 0 aliphatic carbocycles. The van der Waals surface area contributed by atoms with Crippen LogP contribution in [0.15, 0.2) is 54.3 Å². The molecule has 3 nitrogen and oxygen atoms in total. The van der Waals surface area contributed by atoms with Crippen molar-refractivity contribution >= 4 is 11.6 Å². The molecule has 1 aromatic carbocycles. The van der Waals surface area contributed by atoms with Gasteiger partial charge in [0.2, 0.25) is 0 Å². The zero-order chi connectivity index (χ0) is 13.9. The summed E-state index contributed by atoms with van der Waals surface area (Å²) >= 11 is 0. The summed E-state index contributed by atoms with van der Waals surface area (Å²) in [4.78, 5) is 11.9. The first-order valence-corrected chi connectivity index (χ1v) is 5.55. The molecule has 100 valence electrons. The SMILES string of the molecule is O=C(C1=CC=CNC1)N(c1ccccc1)C(F)(F)F. The summed E-state index contributed by atoms with van der Waals surface area (Å²) in [6, 6.07) is 6.99. The predicted molar refractivity (Wildman–Crippen MR) is 65.2 cm³/mol. The number of rotatable bonds is 2. The molecule has 1 aliphatic rings. The van der Waals surface area contributed by atoms with Gasteiger partial charge in [-0.1, -0.05) is 24.3 Å². The molecule has 0 atom stereocenters. The second-order valence-electron chi connectivity index (χ2n) is 3.88. The molecule has 1 aliphatic heterocycles. The highest BCUT2D eigenvalue weighted by atomic mass is 19.4. The van der Waals surface area contributed by atoms with Crippen LogP contribution in [0, 0.1) is 0 Å². The van der Waals surface area contributed by atoms with Crippen LogP contribution in [-0.4, -0.2) is 18.8 Å². The smallest absolute Gasteiger partial charge is 0.387 e. The Labute approximate surface area is 108 Å². The van der Waals surface area contributed by atoms with E-state index in [1.54, 1.807) is 12.3 Å². The van der Waals surface area contributed by atoms with Crippen LogP contribution in [0.1, 0.15) is 0 Å². The van der Waals surface area contributed by atoms with Crippen molar-refractivity contribution in [1.29, 1.82) is 0 Å². The number of carbonyl (C=O) groups is 1. The number of amides is 1. The normalized spacial score (nSPS) is 14.6. The van der Waals surface area contributed by atoms with Crippen molar-refractivity contribution in [2.75, 3.05) is 11.4 Å². The average molecular weight is 268 g/mol. The summed E-state index contributed by atoms with van der Waals surface area (Å²) in [5.74, 6) is -1.07. The van der Waals surface area contributed by atoms with E-state index in [1.807, 2.05) is 0 Å². The van der Waals surface area contributed by atoms with Gasteiger partial charge >= 0.3 is 6.30 Å². The molecule has 0 fully saturated rings. The zero-order valence-corrected chi connectivity index (χ0v) is 9.82. The molecule has 0 radical (unpaired) electrons. The predicted octanol–water partition coefficient (Wildman–Crippen LogP) is 2.58. The Bertz CT molecular complexity index is 520. The Morgan fingerprint density at radius 2 is 1.89 bits per heavy atom. The minimum absolute atomic E-state index is 0.0590. The van der Waals surface area contributed by atoms with Crippen molar-refractivity contribution in [3.05, 3.63) is 54.3 Å². The molecule has 2 rings (SSSR count). The number of para-hydroxylation sites is 1. The van der Waals surface area contributed by atoms with Gasteiger partial charge in [0.1, 0.15) is 0 Å². The lowest BCUT2D eigenvalue weighted by molar-refractivity contribution is -0.147. The van der Waals surface area contributed by atoms with E-state index in [-0.39, 0.29) is 22.7 Å². The lowest BCUT2D eigenvalue weighted by atomic mass is 10.1. The Morgan fingerprint density at radius 1 is 1.21 bits per heavy atom. The van der Waals surface area contributed by atoms with Crippen molar-refractivity contribution in [1.82, 2.24) is 5.32 Å². The third kappa shape index (κ3) is 2.96. The summed E-state index contributed by atoms with van der Waals surface area (Å²) in [7, 11) is 0. The Kier molecular flexibility index (Phi) is 3.59. The maximum Gasteiger partial charge on any atom is 0.491 e. The van der Waals surface area contributed by atoms with Crippen LogP contribution in [0.4, 0.5) is 18.9 Å². The molecule has 0 spiro atoms. The Balaban J connectivity index is 2.37. The first-order chi connectivity index (χ1) is 9.00. The van der Waals surface area contributed by atoms with Crippen molar-refractivity contribution in [2.45, 2.75) is 6.30 Å². The van der Waals surface area contributed by atoms with Crippen LogP contribution in [0.3, 0.4) is 0 Å². The lowest BCUT2D eigenvalue weighted by Crippen LogP contribution is -2.45. The van der Waals surface area contributed by atoms with E-state index >= 15 is 0 Å². The third-order valence-corrected chi connectivity index (χ3v) is 2.55. The molecular formula is C13H11F3N2O. The van der Waals surface area contributed by atoms with Crippen molar-refractivity contribution in [3.63, 3.8) is 0 Å². The van der Waals surface area contributed by atoms with E-state index in [9.17, 15) is 18.0 Å². The summed E-state index contributed by atoms with van der Waals surface area (Å²) in [6.07, 6.45) is -0.325. The monoisotopic (exact) mass is 268 g/mol. The fourth-order valence-corrected chi connectivity index (χ4v) is 1.71. The van der Waals surface area contributed by atoms with E-state index in [4.69, 9.17) is 0 Å². The van der Waals surface area contributed by atoms with Crippen LogP contribution < -0.4 is 10.2 Å². The van der Waals surface area contributed by atoms with Crippen LogP contribution >= 0.6 is 0 Å². The zero-order valence-electron chi connectivity index (χ0n) is 9.82. The average Bonchev–Trinajstić information content (AvgIpc) is 2.39. The number of dihydropyridines is 1. The maximum absolute atomic E-state index is 13.1. The molecule has 1 aromatic rings. The molecule has 0 aromatic heterocycles. The van der Waals surface area contributed by atoms with Gasteiger partial charge in [-0.2, -0.15) is 0 Å². The number of alkyl halides is 3. The number of carbonyl (C=O) groups excluding carboxylic acids is 1. The highest BCUT2D eigenvalue weighted by molar-refractivity contribution is 6.06. The van der Waals surface area contributed by atoms with Crippen LogP contribution in [-0.2, 0) is 4.79 Å².